The van der Waals surface area contributed by atoms with E-state index >= 15 is 0 Å². The van der Waals surface area contributed by atoms with Gasteiger partial charge in [-0.15, -0.1) is 6.58 Å². The summed E-state index contributed by atoms with van der Waals surface area (Å²) >= 11 is 0. The van der Waals surface area contributed by atoms with E-state index in [0.717, 1.165) is 13.0 Å². The first kappa shape index (κ1) is 13.2. The molecule has 1 rings (SSSR count). The number of hydrogen-bond acceptors (Lipinski definition) is 2. The van der Waals surface area contributed by atoms with Crippen molar-refractivity contribution in [3.05, 3.63) is 12.7 Å². The Morgan fingerprint density at radius 1 is 1.62 bits per heavy atom. The lowest BCUT2D eigenvalue weighted by Gasteiger charge is -2.35. The molecular formula is C13H24N2O. The van der Waals surface area contributed by atoms with Crippen LogP contribution in [0.25, 0.3) is 0 Å². The largest absolute Gasteiger partial charge is 0.335 e. The monoisotopic (exact) mass is 224 g/mol. The summed E-state index contributed by atoms with van der Waals surface area (Å²) in [6.07, 6.45) is 4.11. The Morgan fingerprint density at radius 2 is 2.31 bits per heavy atom. The standard InChI is InChI=1S/C13H24N2O/c1-5-9-15(10(2)3)13(16)12-11(4)7-6-8-14-12/h5,10-12,14H,1,6-9H2,2-4H3. The van der Waals surface area contributed by atoms with Crippen LogP contribution in [0.15, 0.2) is 12.7 Å². The first-order valence-corrected chi connectivity index (χ1v) is 6.22. The summed E-state index contributed by atoms with van der Waals surface area (Å²) in [5.74, 6) is 0.661. The summed E-state index contributed by atoms with van der Waals surface area (Å²) in [5, 5.41) is 3.34. The van der Waals surface area contributed by atoms with Gasteiger partial charge in [0.1, 0.15) is 0 Å². The van der Waals surface area contributed by atoms with Gasteiger partial charge in [-0.2, -0.15) is 0 Å². The van der Waals surface area contributed by atoms with Crippen LogP contribution in [-0.4, -0.2) is 36.0 Å². The van der Waals surface area contributed by atoms with Crippen molar-refractivity contribution in [2.45, 2.75) is 45.7 Å². The van der Waals surface area contributed by atoms with Crippen molar-refractivity contribution in [2.75, 3.05) is 13.1 Å². The van der Waals surface area contributed by atoms with E-state index in [9.17, 15) is 4.79 Å². The third-order valence-corrected chi connectivity index (χ3v) is 3.27. The van der Waals surface area contributed by atoms with Gasteiger partial charge in [0.05, 0.1) is 6.04 Å². The zero-order valence-corrected chi connectivity index (χ0v) is 10.7. The molecule has 2 unspecified atom stereocenters. The Kier molecular flexibility index (Phi) is 5.00. The maximum Gasteiger partial charge on any atom is 0.240 e. The van der Waals surface area contributed by atoms with Gasteiger partial charge in [-0.1, -0.05) is 13.0 Å². The molecule has 0 spiro atoms. The number of piperidine rings is 1. The lowest BCUT2D eigenvalue weighted by atomic mass is 9.91. The smallest absolute Gasteiger partial charge is 0.240 e. The van der Waals surface area contributed by atoms with Crippen molar-refractivity contribution >= 4 is 5.91 Å². The van der Waals surface area contributed by atoms with E-state index in [1.165, 1.54) is 6.42 Å². The molecule has 1 fully saturated rings. The van der Waals surface area contributed by atoms with Crippen molar-refractivity contribution in [3.8, 4) is 0 Å². The summed E-state index contributed by atoms with van der Waals surface area (Å²) in [7, 11) is 0. The van der Waals surface area contributed by atoms with Gasteiger partial charge in [-0.05, 0) is 39.2 Å². The second-order valence-corrected chi connectivity index (χ2v) is 4.92. The number of amides is 1. The minimum atomic E-state index is -0.00361. The van der Waals surface area contributed by atoms with E-state index in [4.69, 9.17) is 0 Å². The molecule has 0 bridgehead atoms. The zero-order valence-electron chi connectivity index (χ0n) is 10.7. The molecule has 16 heavy (non-hydrogen) atoms. The average molecular weight is 224 g/mol. The normalized spacial score (nSPS) is 25.5. The average Bonchev–Trinajstić information content (AvgIpc) is 2.25. The molecular weight excluding hydrogens is 200 g/mol. The van der Waals surface area contributed by atoms with E-state index in [1.807, 2.05) is 4.90 Å². The van der Waals surface area contributed by atoms with Crippen molar-refractivity contribution in [1.29, 1.82) is 0 Å². The van der Waals surface area contributed by atoms with E-state index in [0.29, 0.717) is 12.5 Å². The maximum atomic E-state index is 12.4. The molecule has 0 saturated carbocycles. The van der Waals surface area contributed by atoms with Crippen LogP contribution in [0.2, 0.25) is 0 Å². The predicted molar refractivity (Wildman–Crippen MR) is 67.2 cm³/mol. The van der Waals surface area contributed by atoms with Gasteiger partial charge >= 0.3 is 0 Å². The minimum Gasteiger partial charge on any atom is -0.335 e. The van der Waals surface area contributed by atoms with Crippen LogP contribution in [0.4, 0.5) is 0 Å². The molecule has 1 saturated heterocycles. The fraction of sp³-hybridized carbons (Fsp3) is 0.769. The highest BCUT2D eigenvalue weighted by Crippen LogP contribution is 2.18. The first-order chi connectivity index (χ1) is 7.57. The van der Waals surface area contributed by atoms with Crippen LogP contribution in [0, 0.1) is 5.92 Å². The molecule has 1 aliphatic heterocycles. The second-order valence-electron chi connectivity index (χ2n) is 4.92. The quantitative estimate of drug-likeness (QED) is 0.739. The highest BCUT2D eigenvalue weighted by molar-refractivity contribution is 5.82. The lowest BCUT2D eigenvalue weighted by molar-refractivity contribution is -0.136. The van der Waals surface area contributed by atoms with Crippen LogP contribution < -0.4 is 5.32 Å². The van der Waals surface area contributed by atoms with Crippen molar-refractivity contribution in [2.24, 2.45) is 5.92 Å². The topological polar surface area (TPSA) is 32.3 Å². The fourth-order valence-corrected chi connectivity index (χ4v) is 2.25. The molecule has 3 nitrogen and oxygen atoms in total. The predicted octanol–water partition coefficient (Wildman–Crippen LogP) is 1.80. The number of nitrogens with one attached hydrogen (secondary N) is 1. The first-order valence-electron chi connectivity index (χ1n) is 6.22. The van der Waals surface area contributed by atoms with Crippen LogP contribution >= 0.6 is 0 Å². The van der Waals surface area contributed by atoms with Crippen LogP contribution in [0.3, 0.4) is 0 Å². The fourth-order valence-electron chi connectivity index (χ4n) is 2.25. The molecule has 0 aromatic heterocycles. The lowest BCUT2D eigenvalue weighted by Crippen LogP contribution is -2.53. The zero-order chi connectivity index (χ0) is 12.1. The minimum absolute atomic E-state index is 0.00361. The Morgan fingerprint density at radius 3 is 2.81 bits per heavy atom. The molecule has 0 aliphatic carbocycles. The molecule has 0 aromatic rings. The van der Waals surface area contributed by atoms with Gasteiger partial charge in [0, 0.05) is 12.6 Å². The Balaban J connectivity index is 2.68. The number of carbonyl (C=O) groups is 1. The van der Waals surface area contributed by atoms with Crippen molar-refractivity contribution in [3.63, 3.8) is 0 Å². The van der Waals surface area contributed by atoms with Gasteiger partial charge in [-0.3, -0.25) is 4.79 Å². The summed E-state index contributed by atoms with van der Waals surface area (Å²) in [4.78, 5) is 14.3. The van der Waals surface area contributed by atoms with Gasteiger partial charge in [-0.25, -0.2) is 0 Å². The second kappa shape index (κ2) is 6.04. The Bertz CT molecular complexity index is 250. The van der Waals surface area contributed by atoms with Gasteiger partial charge in [0.2, 0.25) is 5.91 Å². The molecule has 1 aliphatic rings. The molecule has 0 radical (unpaired) electrons. The highest BCUT2D eigenvalue weighted by atomic mass is 16.2. The van der Waals surface area contributed by atoms with Crippen LogP contribution in [-0.2, 0) is 4.79 Å². The van der Waals surface area contributed by atoms with E-state index < -0.39 is 0 Å². The molecule has 3 heteroatoms. The number of rotatable bonds is 4. The maximum absolute atomic E-state index is 12.4. The van der Waals surface area contributed by atoms with Crippen molar-refractivity contribution < 1.29 is 4.79 Å². The van der Waals surface area contributed by atoms with Gasteiger partial charge in [0.15, 0.2) is 0 Å². The third kappa shape index (κ3) is 3.08. The Hall–Kier alpha value is -0.830. The summed E-state index contributed by atoms with van der Waals surface area (Å²) in [5.41, 5.74) is 0. The molecule has 92 valence electrons. The molecule has 1 heterocycles. The van der Waals surface area contributed by atoms with Crippen LogP contribution in [0.1, 0.15) is 33.6 Å². The molecule has 0 aromatic carbocycles. The van der Waals surface area contributed by atoms with E-state index in [2.05, 4.69) is 32.7 Å². The van der Waals surface area contributed by atoms with Crippen molar-refractivity contribution in [1.82, 2.24) is 10.2 Å². The summed E-state index contributed by atoms with van der Waals surface area (Å²) in [6, 6.07) is 0.234. The van der Waals surface area contributed by atoms with E-state index in [-0.39, 0.29) is 18.0 Å². The highest BCUT2D eigenvalue weighted by Gasteiger charge is 2.31. The molecule has 1 amide bonds. The number of hydrogen-bond donors (Lipinski definition) is 1. The molecule has 1 N–H and O–H groups in total. The van der Waals surface area contributed by atoms with Gasteiger partial charge < -0.3 is 10.2 Å². The SMILES string of the molecule is C=CCN(C(=O)C1NCCCC1C)C(C)C. The third-order valence-electron chi connectivity index (χ3n) is 3.27. The van der Waals surface area contributed by atoms with Crippen LogP contribution in [0.5, 0.6) is 0 Å². The molecule has 2 atom stereocenters. The van der Waals surface area contributed by atoms with Gasteiger partial charge in [0.25, 0.3) is 0 Å². The number of nitrogens with zero attached hydrogens (tertiary/aromatic N) is 1. The summed E-state index contributed by atoms with van der Waals surface area (Å²) < 4.78 is 0. The number of carbonyl (C=O) groups excluding carboxylic acids is 1. The summed E-state index contributed by atoms with van der Waals surface area (Å²) in [6.45, 7) is 11.6. The Labute approximate surface area is 98.9 Å². The van der Waals surface area contributed by atoms with E-state index in [1.54, 1.807) is 6.08 Å².